The van der Waals surface area contributed by atoms with Crippen molar-refractivity contribution in [1.29, 1.82) is 0 Å². The van der Waals surface area contributed by atoms with E-state index in [9.17, 15) is 18.0 Å². The summed E-state index contributed by atoms with van der Waals surface area (Å²) in [6.07, 6.45) is 1.13. The van der Waals surface area contributed by atoms with Crippen LogP contribution in [0.4, 0.5) is 5.69 Å². The van der Waals surface area contributed by atoms with Gasteiger partial charge >= 0.3 is 0 Å². The number of hydrogen-bond donors (Lipinski definition) is 1. The largest absolute Gasteiger partial charge is 0.357 e. The molecule has 1 N–H and O–H groups in total. The van der Waals surface area contributed by atoms with Crippen LogP contribution < -0.4 is 9.62 Å². The van der Waals surface area contributed by atoms with Gasteiger partial charge in [0.15, 0.2) is 0 Å². The van der Waals surface area contributed by atoms with Gasteiger partial charge in [-0.3, -0.25) is 13.9 Å². The molecule has 2 amide bonds. The van der Waals surface area contributed by atoms with Gasteiger partial charge in [-0.1, -0.05) is 82.8 Å². The third-order valence-electron chi connectivity index (χ3n) is 5.73. The fourth-order valence-corrected chi connectivity index (χ4v) is 5.58. The Labute approximate surface area is 242 Å². The van der Waals surface area contributed by atoms with E-state index in [0.717, 1.165) is 16.1 Å². The predicted octanol–water partition coefficient (Wildman–Crippen LogP) is 5.45. The van der Waals surface area contributed by atoms with Gasteiger partial charge in [-0.15, -0.1) is 0 Å². The molecule has 0 saturated heterocycles. The van der Waals surface area contributed by atoms with E-state index in [-0.39, 0.29) is 28.7 Å². The summed E-state index contributed by atoms with van der Waals surface area (Å²) < 4.78 is 26.4. The maximum atomic E-state index is 13.9. The summed E-state index contributed by atoms with van der Waals surface area (Å²) in [4.78, 5) is 28.3. The molecule has 0 saturated carbocycles. The Kier molecular flexibility index (Phi) is 10.3. The van der Waals surface area contributed by atoms with Crippen LogP contribution in [0, 0.1) is 0 Å². The first-order valence-electron chi connectivity index (χ1n) is 11.3. The van der Waals surface area contributed by atoms with E-state index in [1.54, 1.807) is 12.1 Å². The summed E-state index contributed by atoms with van der Waals surface area (Å²) in [5.74, 6) is -1.08. The lowest BCUT2D eigenvalue weighted by Gasteiger charge is -2.33. The molecule has 202 valence electrons. The molecule has 1 atom stereocenters. The maximum absolute atomic E-state index is 13.9. The van der Waals surface area contributed by atoms with Crippen LogP contribution in [-0.4, -0.2) is 51.0 Å². The molecule has 0 aliphatic rings. The Morgan fingerprint density at radius 3 is 2.13 bits per heavy atom. The Morgan fingerprint density at radius 1 is 0.895 bits per heavy atom. The molecule has 38 heavy (non-hydrogen) atoms. The van der Waals surface area contributed by atoms with Gasteiger partial charge in [0.25, 0.3) is 0 Å². The van der Waals surface area contributed by atoms with Crippen LogP contribution in [0.15, 0.2) is 66.7 Å². The molecule has 0 aromatic heterocycles. The first kappa shape index (κ1) is 30.1. The summed E-state index contributed by atoms with van der Waals surface area (Å²) in [6, 6.07) is 17.3. The second-order valence-electron chi connectivity index (χ2n) is 8.44. The van der Waals surface area contributed by atoms with Crippen LogP contribution in [0.25, 0.3) is 0 Å². The number of rotatable bonds is 10. The van der Waals surface area contributed by atoms with Crippen molar-refractivity contribution in [3.05, 3.63) is 97.9 Å². The van der Waals surface area contributed by atoms with Gasteiger partial charge in [0.1, 0.15) is 12.6 Å². The number of carbonyl (C=O) groups excluding carboxylic acids is 2. The summed E-state index contributed by atoms with van der Waals surface area (Å²) in [5.41, 5.74) is 1.37. The summed E-state index contributed by atoms with van der Waals surface area (Å²) >= 11 is 24.8. The van der Waals surface area contributed by atoms with Crippen molar-refractivity contribution in [1.82, 2.24) is 10.2 Å². The topological polar surface area (TPSA) is 86.8 Å². The van der Waals surface area contributed by atoms with Crippen molar-refractivity contribution in [3.8, 4) is 0 Å². The average Bonchev–Trinajstić information content (AvgIpc) is 2.86. The van der Waals surface area contributed by atoms with Crippen molar-refractivity contribution in [3.63, 3.8) is 0 Å². The van der Waals surface area contributed by atoms with Crippen LogP contribution in [0.3, 0.4) is 0 Å². The van der Waals surface area contributed by atoms with E-state index >= 15 is 0 Å². The number of carbonyl (C=O) groups is 2. The Bertz CT molecular complexity index is 1420. The molecule has 0 unspecified atom stereocenters. The fraction of sp³-hybridized carbons (Fsp3) is 0.231. The van der Waals surface area contributed by atoms with Crippen molar-refractivity contribution in [2.24, 2.45) is 0 Å². The van der Waals surface area contributed by atoms with Gasteiger partial charge in [-0.05, 0) is 41.5 Å². The zero-order chi connectivity index (χ0) is 28.0. The third kappa shape index (κ3) is 7.77. The fourth-order valence-electron chi connectivity index (χ4n) is 3.83. The molecule has 12 heteroatoms. The molecule has 0 fully saturated rings. The first-order chi connectivity index (χ1) is 17.9. The van der Waals surface area contributed by atoms with Crippen LogP contribution in [0.5, 0.6) is 0 Å². The number of amides is 2. The number of halogens is 4. The SMILES string of the molecule is CNC(=O)[C@@H](Cc1ccccc1)N(Cc1ccc(Cl)cc1Cl)C(=O)CN(c1cc(Cl)ccc1Cl)S(C)(=O)=O. The summed E-state index contributed by atoms with van der Waals surface area (Å²) in [6.45, 7) is -0.715. The minimum absolute atomic E-state index is 0.0408. The average molecular weight is 617 g/mol. The number of hydrogen-bond acceptors (Lipinski definition) is 4. The van der Waals surface area contributed by atoms with Crippen LogP contribution in [-0.2, 0) is 32.6 Å². The summed E-state index contributed by atoms with van der Waals surface area (Å²) in [7, 11) is -2.52. The normalized spacial score (nSPS) is 12.1. The molecule has 0 heterocycles. The summed E-state index contributed by atoms with van der Waals surface area (Å²) in [5, 5.41) is 3.63. The maximum Gasteiger partial charge on any atom is 0.244 e. The van der Waals surface area contributed by atoms with Crippen molar-refractivity contribution in [2.45, 2.75) is 19.0 Å². The van der Waals surface area contributed by atoms with Crippen molar-refractivity contribution in [2.75, 3.05) is 24.2 Å². The van der Waals surface area contributed by atoms with Crippen LogP contribution in [0.1, 0.15) is 11.1 Å². The zero-order valence-corrected chi connectivity index (χ0v) is 24.3. The number of sulfonamides is 1. The Balaban J connectivity index is 2.08. The first-order valence-corrected chi connectivity index (χ1v) is 14.7. The Morgan fingerprint density at radius 2 is 1.53 bits per heavy atom. The van der Waals surface area contributed by atoms with Gasteiger partial charge < -0.3 is 10.2 Å². The molecule has 3 aromatic rings. The van der Waals surface area contributed by atoms with Gasteiger partial charge in [-0.25, -0.2) is 8.42 Å². The zero-order valence-electron chi connectivity index (χ0n) is 20.5. The Hall–Kier alpha value is -2.49. The van der Waals surface area contributed by atoms with E-state index in [0.29, 0.717) is 15.6 Å². The highest BCUT2D eigenvalue weighted by Crippen LogP contribution is 2.31. The molecule has 0 aliphatic carbocycles. The van der Waals surface area contributed by atoms with Gasteiger partial charge in [0.05, 0.1) is 17.0 Å². The monoisotopic (exact) mass is 615 g/mol. The van der Waals surface area contributed by atoms with Gasteiger partial charge in [0.2, 0.25) is 21.8 Å². The van der Waals surface area contributed by atoms with Crippen molar-refractivity contribution < 1.29 is 18.0 Å². The predicted molar refractivity (Wildman–Crippen MR) is 154 cm³/mol. The van der Waals surface area contributed by atoms with Crippen LogP contribution >= 0.6 is 46.4 Å². The molecule has 0 radical (unpaired) electrons. The third-order valence-corrected chi connectivity index (χ3v) is 8.00. The van der Waals surface area contributed by atoms with E-state index in [4.69, 9.17) is 46.4 Å². The second kappa shape index (κ2) is 13.0. The molecule has 3 aromatic carbocycles. The van der Waals surface area contributed by atoms with Crippen LogP contribution in [0.2, 0.25) is 20.1 Å². The second-order valence-corrected chi connectivity index (χ2v) is 12.0. The molecular weight excluding hydrogens is 592 g/mol. The van der Waals surface area contributed by atoms with Gasteiger partial charge in [0, 0.05) is 35.1 Å². The van der Waals surface area contributed by atoms with E-state index in [1.165, 1.54) is 36.2 Å². The number of nitrogens with one attached hydrogen (secondary N) is 1. The number of benzene rings is 3. The smallest absolute Gasteiger partial charge is 0.244 e. The van der Waals surface area contributed by atoms with E-state index < -0.39 is 34.4 Å². The lowest BCUT2D eigenvalue weighted by Crippen LogP contribution is -2.53. The molecular formula is C26H25Cl4N3O4S. The highest BCUT2D eigenvalue weighted by Gasteiger charge is 2.33. The van der Waals surface area contributed by atoms with Crippen molar-refractivity contribution >= 4 is 73.9 Å². The number of anilines is 1. The molecule has 3 rings (SSSR count). The molecule has 0 spiro atoms. The lowest BCUT2D eigenvalue weighted by molar-refractivity contribution is -0.139. The minimum Gasteiger partial charge on any atom is -0.357 e. The highest BCUT2D eigenvalue weighted by atomic mass is 35.5. The van der Waals surface area contributed by atoms with E-state index in [2.05, 4.69) is 5.32 Å². The van der Waals surface area contributed by atoms with Gasteiger partial charge in [-0.2, -0.15) is 0 Å². The minimum atomic E-state index is -3.98. The quantitative estimate of drug-likeness (QED) is 0.328. The van der Waals surface area contributed by atoms with E-state index in [1.807, 2.05) is 30.3 Å². The molecule has 0 aliphatic heterocycles. The highest BCUT2D eigenvalue weighted by molar-refractivity contribution is 7.92. The lowest BCUT2D eigenvalue weighted by atomic mass is 10.0. The molecule has 7 nitrogen and oxygen atoms in total. The standard InChI is InChI=1S/C26H25Cl4N3O4S/c1-31-26(35)24(12-17-6-4-3-5-7-17)32(15-18-8-9-19(27)13-22(18)30)25(34)16-33(38(2,36)37)23-14-20(28)10-11-21(23)29/h3-11,13-14,24H,12,15-16H2,1-2H3,(H,31,35)/t24-/m1/s1. The number of nitrogens with zero attached hydrogens (tertiary/aromatic N) is 2. The molecule has 0 bridgehead atoms. The number of likely N-dealkylation sites (N-methyl/N-ethyl adjacent to an activating group) is 1.